The molecule has 1 unspecified atom stereocenters. The largest absolute Gasteiger partial charge is 0.399 e. The molecule has 0 aliphatic rings. The van der Waals surface area contributed by atoms with E-state index in [0.717, 1.165) is 11.1 Å². The van der Waals surface area contributed by atoms with Crippen molar-refractivity contribution in [1.82, 2.24) is 0 Å². The van der Waals surface area contributed by atoms with Crippen molar-refractivity contribution in [2.45, 2.75) is 12.7 Å². The number of carbonyl (C=O) groups is 1. The standard InChI is InChI=1S/C16H18N2O2S/c1-12-9-14(17)7-8-15(12)18-16(19)11-21(20)10-13-5-3-2-4-6-13/h2-9H,10-11,17H2,1H3,(H,18,19). The number of hydrogen-bond donors (Lipinski definition) is 2. The number of carbonyl (C=O) groups excluding carboxylic acids is 1. The van der Waals surface area contributed by atoms with Gasteiger partial charge in [-0.15, -0.1) is 0 Å². The number of amides is 1. The van der Waals surface area contributed by atoms with Crippen molar-refractivity contribution in [2.75, 3.05) is 16.8 Å². The highest BCUT2D eigenvalue weighted by molar-refractivity contribution is 7.84. The van der Waals surface area contributed by atoms with E-state index in [1.54, 1.807) is 18.2 Å². The average Bonchev–Trinajstić information content (AvgIpc) is 2.43. The predicted octanol–water partition coefficient (Wildman–Crippen LogP) is 2.46. The van der Waals surface area contributed by atoms with Crippen LogP contribution in [0.4, 0.5) is 11.4 Å². The molecule has 0 aliphatic carbocycles. The Labute approximate surface area is 126 Å². The van der Waals surface area contributed by atoms with Crippen LogP contribution in [0.3, 0.4) is 0 Å². The maximum absolute atomic E-state index is 12.0. The Morgan fingerprint density at radius 1 is 1.19 bits per heavy atom. The number of anilines is 2. The maximum atomic E-state index is 12.0. The van der Waals surface area contributed by atoms with Crippen LogP contribution in [0.2, 0.25) is 0 Å². The number of aryl methyl sites for hydroxylation is 1. The molecule has 0 fully saturated rings. The SMILES string of the molecule is Cc1cc(N)ccc1NC(=O)CS(=O)Cc1ccccc1. The minimum Gasteiger partial charge on any atom is -0.399 e. The van der Waals surface area contributed by atoms with E-state index >= 15 is 0 Å². The third-order valence-electron chi connectivity index (χ3n) is 2.99. The zero-order valence-electron chi connectivity index (χ0n) is 11.8. The van der Waals surface area contributed by atoms with E-state index in [2.05, 4.69) is 5.32 Å². The summed E-state index contributed by atoms with van der Waals surface area (Å²) in [6.45, 7) is 1.87. The van der Waals surface area contributed by atoms with Gasteiger partial charge in [0, 0.05) is 27.9 Å². The Bertz CT molecular complexity index is 657. The first-order valence-electron chi connectivity index (χ1n) is 6.59. The third-order valence-corrected chi connectivity index (χ3v) is 4.23. The topological polar surface area (TPSA) is 72.2 Å². The van der Waals surface area contributed by atoms with E-state index in [1.807, 2.05) is 37.3 Å². The molecule has 21 heavy (non-hydrogen) atoms. The Hall–Kier alpha value is -2.14. The van der Waals surface area contributed by atoms with E-state index in [0.29, 0.717) is 17.1 Å². The van der Waals surface area contributed by atoms with Crippen molar-refractivity contribution in [1.29, 1.82) is 0 Å². The first kappa shape index (κ1) is 15.3. The molecule has 5 heteroatoms. The smallest absolute Gasteiger partial charge is 0.237 e. The summed E-state index contributed by atoms with van der Waals surface area (Å²) < 4.78 is 12.0. The monoisotopic (exact) mass is 302 g/mol. The van der Waals surface area contributed by atoms with Crippen LogP contribution in [-0.4, -0.2) is 15.9 Å². The minimum atomic E-state index is -1.22. The number of nitrogens with two attached hydrogens (primary N) is 1. The van der Waals surface area contributed by atoms with Gasteiger partial charge in [-0.1, -0.05) is 30.3 Å². The quantitative estimate of drug-likeness (QED) is 0.833. The molecule has 1 amide bonds. The summed E-state index contributed by atoms with van der Waals surface area (Å²) in [6.07, 6.45) is 0. The van der Waals surface area contributed by atoms with E-state index in [-0.39, 0.29) is 11.7 Å². The molecule has 0 aliphatic heterocycles. The minimum absolute atomic E-state index is 0.0152. The molecule has 2 aromatic carbocycles. The van der Waals surface area contributed by atoms with Crippen LogP contribution in [0.15, 0.2) is 48.5 Å². The van der Waals surface area contributed by atoms with Crippen LogP contribution in [-0.2, 0) is 21.3 Å². The Balaban J connectivity index is 1.91. The molecule has 110 valence electrons. The number of benzene rings is 2. The van der Waals surface area contributed by atoms with E-state index < -0.39 is 10.8 Å². The fraction of sp³-hybridized carbons (Fsp3) is 0.188. The fourth-order valence-electron chi connectivity index (χ4n) is 1.97. The number of rotatable bonds is 5. The number of nitrogen functional groups attached to an aromatic ring is 1. The van der Waals surface area contributed by atoms with Gasteiger partial charge in [-0.2, -0.15) is 0 Å². The highest BCUT2D eigenvalue weighted by Crippen LogP contribution is 2.17. The highest BCUT2D eigenvalue weighted by atomic mass is 32.2. The number of hydrogen-bond acceptors (Lipinski definition) is 3. The summed E-state index contributed by atoms with van der Waals surface area (Å²) in [6, 6.07) is 14.8. The maximum Gasteiger partial charge on any atom is 0.237 e. The Morgan fingerprint density at radius 2 is 1.90 bits per heavy atom. The molecular weight excluding hydrogens is 284 g/mol. The van der Waals surface area contributed by atoms with E-state index in [4.69, 9.17) is 5.73 Å². The third kappa shape index (κ3) is 4.72. The lowest BCUT2D eigenvalue weighted by Crippen LogP contribution is -2.20. The second-order valence-corrected chi connectivity index (χ2v) is 6.29. The van der Waals surface area contributed by atoms with Gasteiger partial charge in [0.15, 0.2) is 0 Å². The molecule has 4 nitrogen and oxygen atoms in total. The molecule has 3 N–H and O–H groups in total. The van der Waals surface area contributed by atoms with Crippen LogP contribution in [0, 0.1) is 6.92 Å². The second kappa shape index (κ2) is 7.04. The Morgan fingerprint density at radius 3 is 2.57 bits per heavy atom. The molecule has 0 saturated heterocycles. The van der Waals surface area contributed by atoms with Crippen LogP contribution in [0.5, 0.6) is 0 Å². The van der Waals surface area contributed by atoms with Crippen molar-refractivity contribution in [3.63, 3.8) is 0 Å². The lowest BCUT2D eigenvalue weighted by molar-refractivity contribution is -0.113. The number of nitrogens with one attached hydrogen (secondary N) is 1. The zero-order chi connectivity index (χ0) is 15.2. The summed E-state index contributed by atoms with van der Waals surface area (Å²) in [4.78, 5) is 11.9. The van der Waals surface area contributed by atoms with Gasteiger partial charge in [0.05, 0.1) is 0 Å². The van der Waals surface area contributed by atoms with Gasteiger partial charge in [0.25, 0.3) is 0 Å². The van der Waals surface area contributed by atoms with Crippen LogP contribution in [0.1, 0.15) is 11.1 Å². The first-order valence-corrected chi connectivity index (χ1v) is 8.08. The lowest BCUT2D eigenvalue weighted by atomic mass is 10.2. The van der Waals surface area contributed by atoms with Gasteiger partial charge in [0.1, 0.15) is 5.75 Å². The van der Waals surface area contributed by atoms with Crippen molar-refractivity contribution in [3.8, 4) is 0 Å². The van der Waals surface area contributed by atoms with E-state index in [1.165, 1.54) is 0 Å². The summed E-state index contributed by atoms with van der Waals surface area (Å²) in [5, 5.41) is 2.77. The molecule has 0 spiro atoms. The summed E-state index contributed by atoms with van der Waals surface area (Å²) in [5.41, 5.74) is 8.87. The predicted molar refractivity (Wildman–Crippen MR) is 87.4 cm³/mol. The van der Waals surface area contributed by atoms with E-state index in [9.17, 15) is 9.00 Å². The average molecular weight is 302 g/mol. The molecule has 0 heterocycles. The normalized spacial score (nSPS) is 11.9. The summed E-state index contributed by atoms with van der Waals surface area (Å²) >= 11 is 0. The van der Waals surface area contributed by atoms with Gasteiger partial charge in [-0.05, 0) is 36.2 Å². The highest BCUT2D eigenvalue weighted by Gasteiger charge is 2.10. The lowest BCUT2D eigenvalue weighted by Gasteiger charge is -2.09. The van der Waals surface area contributed by atoms with Gasteiger partial charge in [-0.3, -0.25) is 9.00 Å². The Kier molecular flexibility index (Phi) is 5.11. The van der Waals surface area contributed by atoms with Crippen molar-refractivity contribution < 1.29 is 9.00 Å². The van der Waals surface area contributed by atoms with Crippen molar-refractivity contribution >= 4 is 28.1 Å². The molecule has 0 radical (unpaired) electrons. The fourth-order valence-corrected chi connectivity index (χ4v) is 3.00. The molecule has 2 aromatic rings. The van der Waals surface area contributed by atoms with Crippen molar-refractivity contribution in [3.05, 3.63) is 59.7 Å². The van der Waals surface area contributed by atoms with Gasteiger partial charge >= 0.3 is 0 Å². The summed E-state index contributed by atoms with van der Waals surface area (Å²) in [5.74, 6) is 0.116. The van der Waals surface area contributed by atoms with Crippen LogP contribution >= 0.6 is 0 Å². The van der Waals surface area contributed by atoms with Gasteiger partial charge in [-0.25, -0.2) is 0 Å². The molecule has 0 bridgehead atoms. The van der Waals surface area contributed by atoms with Crippen molar-refractivity contribution in [2.24, 2.45) is 0 Å². The molecule has 2 rings (SSSR count). The summed E-state index contributed by atoms with van der Waals surface area (Å²) in [7, 11) is -1.22. The molecule has 1 atom stereocenters. The molecule has 0 aromatic heterocycles. The first-order chi connectivity index (χ1) is 10.0. The molecular formula is C16H18N2O2S. The van der Waals surface area contributed by atoms with Crippen LogP contribution < -0.4 is 11.1 Å². The second-order valence-electron chi connectivity index (χ2n) is 4.84. The van der Waals surface area contributed by atoms with Crippen LogP contribution in [0.25, 0.3) is 0 Å². The molecule has 0 saturated carbocycles. The zero-order valence-corrected chi connectivity index (χ0v) is 12.7. The van der Waals surface area contributed by atoms with Gasteiger partial charge < -0.3 is 11.1 Å². The van der Waals surface area contributed by atoms with Gasteiger partial charge in [0.2, 0.25) is 5.91 Å².